The third kappa shape index (κ3) is 2.72. The van der Waals surface area contributed by atoms with Gasteiger partial charge in [-0.3, -0.25) is 0 Å². The van der Waals surface area contributed by atoms with Gasteiger partial charge in [0.1, 0.15) is 13.1 Å². The van der Waals surface area contributed by atoms with Crippen LogP contribution in [0.3, 0.4) is 0 Å². The van der Waals surface area contributed by atoms with Crippen LogP contribution >= 0.6 is 11.8 Å². The monoisotopic (exact) mass is 201 g/mol. The summed E-state index contributed by atoms with van der Waals surface area (Å²) in [6.45, 7) is 1.20. The highest BCUT2D eigenvalue weighted by Gasteiger charge is 2.15. The summed E-state index contributed by atoms with van der Waals surface area (Å²) < 4.78 is 15.5. The van der Waals surface area contributed by atoms with Crippen LogP contribution in [0.25, 0.3) is 0 Å². The fourth-order valence-electron chi connectivity index (χ4n) is 1.08. The molecule has 1 aliphatic rings. The minimum atomic E-state index is 0.269. The van der Waals surface area contributed by atoms with E-state index in [0.29, 0.717) is 12.0 Å². The van der Waals surface area contributed by atoms with E-state index < -0.39 is 0 Å². The average Bonchev–Trinajstić information content (AvgIpc) is 2.69. The van der Waals surface area contributed by atoms with E-state index in [1.807, 2.05) is 0 Å². The topological polar surface area (TPSA) is 44.5 Å². The van der Waals surface area contributed by atoms with Crippen molar-refractivity contribution >= 4 is 11.8 Å². The van der Waals surface area contributed by atoms with Gasteiger partial charge in [-0.25, -0.2) is 4.98 Å². The van der Waals surface area contributed by atoms with Gasteiger partial charge in [0.15, 0.2) is 0 Å². The van der Waals surface area contributed by atoms with Crippen LogP contribution in [-0.2, 0) is 9.47 Å². The lowest BCUT2D eigenvalue weighted by atomic mass is 10.3. The Labute approximate surface area is 80.6 Å². The SMILES string of the molecule is c1coc(SCC2CCOCO2)n1. The summed E-state index contributed by atoms with van der Waals surface area (Å²) in [5.74, 6) is 0.879. The van der Waals surface area contributed by atoms with Crippen molar-refractivity contribution in [1.82, 2.24) is 4.98 Å². The normalized spacial score (nSPS) is 23.2. The summed E-state index contributed by atoms with van der Waals surface area (Å²) in [6.07, 6.45) is 4.44. The molecule has 0 bridgehead atoms. The molecule has 5 heteroatoms. The Balaban J connectivity index is 1.72. The molecule has 2 heterocycles. The Morgan fingerprint density at radius 2 is 2.62 bits per heavy atom. The van der Waals surface area contributed by atoms with E-state index in [-0.39, 0.29) is 6.10 Å². The highest BCUT2D eigenvalue weighted by atomic mass is 32.2. The highest BCUT2D eigenvalue weighted by molar-refractivity contribution is 7.99. The standard InChI is InChI=1S/C8H11NO3S/c1-3-10-6-12-7(1)5-13-8-9-2-4-11-8/h2,4,7H,1,3,5-6H2. The Morgan fingerprint density at radius 3 is 3.31 bits per heavy atom. The number of nitrogens with zero attached hydrogens (tertiary/aromatic N) is 1. The Hall–Kier alpha value is -0.520. The Bertz CT molecular complexity index is 234. The molecule has 1 fully saturated rings. The van der Waals surface area contributed by atoms with Crippen LogP contribution in [0.2, 0.25) is 0 Å². The van der Waals surface area contributed by atoms with Crippen molar-refractivity contribution < 1.29 is 13.9 Å². The summed E-state index contributed by atoms with van der Waals surface area (Å²) in [5.41, 5.74) is 0. The number of oxazole rings is 1. The second-order valence-electron chi connectivity index (χ2n) is 2.71. The average molecular weight is 201 g/mol. The molecule has 0 aromatic carbocycles. The first kappa shape index (κ1) is 9.05. The van der Waals surface area contributed by atoms with Gasteiger partial charge in [0.2, 0.25) is 0 Å². The summed E-state index contributed by atoms with van der Waals surface area (Å²) in [4.78, 5) is 4.01. The first-order valence-electron chi connectivity index (χ1n) is 4.17. The van der Waals surface area contributed by atoms with E-state index in [9.17, 15) is 0 Å². The van der Waals surface area contributed by atoms with E-state index in [1.54, 1.807) is 24.2 Å². The van der Waals surface area contributed by atoms with Crippen LogP contribution in [0, 0.1) is 0 Å². The van der Waals surface area contributed by atoms with Crippen LogP contribution in [0.1, 0.15) is 6.42 Å². The highest BCUT2D eigenvalue weighted by Crippen LogP contribution is 2.19. The van der Waals surface area contributed by atoms with Crippen molar-refractivity contribution in [2.45, 2.75) is 17.7 Å². The second kappa shape index (κ2) is 4.64. The summed E-state index contributed by atoms with van der Waals surface area (Å²) in [6, 6.07) is 0. The smallest absolute Gasteiger partial charge is 0.255 e. The van der Waals surface area contributed by atoms with E-state index in [2.05, 4.69) is 4.98 Å². The van der Waals surface area contributed by atoms with Crippen LogP contribution < -0.4 is 0 Å². The van der Waals surface area contributed by atoms with Gasteiger partial charge in [-0.1, -0.05) is 11.8 Å². The molecule has 72 valence electrons. The van der Waals surface area contributed by atoms with Crippen molar-refractivity contribution in [3.63, 3.8) is 0 Å². The number of hydrogen-bond donors (Lipinski definition) is 0. The van der Waals surface area contributed by atoms with Crippen LogP contribution in [0.5, 0.6) is 0 Å². The third-order valence-electron chi connectivity index (χ3n) is 1.77. The van der Waals surface area contributed by atoms with Crippen LogP contribution in [-0.4, -0.2) is 30.2 Å². The van der Waals surface area contributed by atoms with Crippen molar-refractivity contribution in [3.8, 4) is 0 Å². The molecular formula is C8H11NO3S. The number of rotatable bonds is 3. The van der Waals surface area contributed by atoms with Gasteiger partial charge in [0, 0.05) is 5.75 Å². The summed E-state index contributed by atoms with van der Waals surface area (Å²) >= 11 is 1.58. The summed E-state index contributed by atoms with van der Waals surface area (Å²) in [7, 11) is 0. The Kier molecular flexibility index (Phi) is 3.23. The number of ether oxygens (including phenoxy) is 2. The van der Waals surface area contributed by atoms with Crippen molar-refractivity contribution in [2.75, 3.05) is 19.2 Å². The first-order chi connectivity index (χ1) is 6.45. The fraction of sp³-hybridized carbons (Fsp3) is 0.625. The zero-order valence-corrected chi connectivity index (χ0v) is 7.96. The minimum absolute atomic E-state index is 0.269. The van der Waals surface area contributed by atoms with Gasteiger partial charge in [0.05, 0.1) is 18.9 Å². The maximum absolute atomic E-state index is 5.36. The van der Waals surface area contributed by atoms with Gasteiger partial charge >= 0.3 is 0 Å². The predicted molar refractivity (Wildman–Crippen MR) is 47.5 cm³/mol. The van der Waals surface area contributed by atoms with Crippen LogP contribution in [0.4, 0.5) is 0 Å². The number of thioether (sulfide) groups is 1. The van der Waals surface area contributed by atoms with Crippen molar-refractivity contribution in [1.29, 1.82) is 0 Å². The molecule has 1 aliphatic heterocycles. The molecular weight excluding hydrogens is 190 g/mol. The predicted octanol–water partition coefficient (Wildman–Crippen LogP) is 1.53. The molecule has 4 nitrogen and oxygen atoms in total. The van der Waals surface area contributed by atoms with E-state index in [0.717, 1.165) is 18.8 Å². The summed E-state index contributed by atoms with van der Waals surface area (Å²) in [5, 5.41) is 0.704. The van der Waals surface area contributed by atoms with E-state index in [1.165, 1.54) is 0 Å². The third-order valence-corrected chi connectivity index (χ3v) is 2.76. The van der Waals surface area contributed by atoms with Crippen molar-refractivity contribution in [2.24, 2.45) is 0 Å². The zero-order valence-electron chi connectivity index (χ0n) is 7.14. The van der Waals surface area contributed by atoms with Gasteiger partial charge in [-0.05, 0) is 6.42 Å². The number of hydrogen-bond acceptors (Lipinski definition) is 5. The lowest BCUT2D eigenvalue weighted by molar-refractivity contribution is -0.130. The molecule has 1 unspecified atom stereocenters. The molecule has 2 rings (SSSR count). The first-order valence-corrected chi connectivity index (χ1v) is 5.15. The second-order valence-corrected chi connectivity index (χ2v) is 3.68. The molecule has 0 saturated carbocycles. The minimum Gasteiger partial charge on any atom is -0.440 e. The molecule has 0 amide bonds. The molecule has 1 saturated heterocycles. The quantitative estimate of drug-likeness (QED) is 0.694. The molecule has 1 aromatic heterocycles. The maximum atomic E-state index is 5.36. The number of aromatic nitrogens is 1. The Morgan fingerprint density at radius 1 is 1.62 bits per heavy atom. The van der Waals surface area contributed by atoms with Gasteiger partial charge in [-0.2, -0.15) is 0 Å². The lowest BCUT2D eigenvalue weighted by Gasteiger charge is -2.21. The van der Waals surface area contributed by atoms with Crippen molar-refractivity contribution in [3.05, 3.63) is 12.5 Å². The zero-order chi connectivity index (χ0) is 8.93. The lowest BCUT2D eigenvalue weighted by Crippen LogP contribution is -2.25. The molecule has 1 aromatic rings. The molecule has 0 spiro atoms. The van der Waals surface area contributed by atoms with Gasteiger partial charge in [0.25, 0.3) is 5.22 Å². The molecule has 1 atom stereocenters. The van der Waals surface area contributed by atoms with E-state index >= 15 is 0 Å². The molecule has 0 aliphatic carbocycles. The molecule has 0 N–H and O–H groups in total. The van der Waals surface area contributed by atoms with E-state index in [4.69, 9.17) is 13.9 Å². The van der Waals surface area contributed by atoms with Gasteiger partial charge in [-0.15, -0.1) is 0 Å². The largest absolute Gasteiger partial charge is 0.440 e. The molecule has 0 radical (unpaired) electrons. The van der Waals surface area contributed by atoms with Crippen LogP contribution in [0.15, 0.2) is 22.1 Å². The molecule has 13 heavy (non-hydrogen) atoms. The maximum Gasteiger partial charge on any atom is 0.255 e. The van der Waals surface area contributed by atoms with Gasteiger partial charge < -0.3 is 13.9 Å². The fourth-order valence-corrected chi connectivity index (χ4v) is 1.93.